The SMILES string of the molecule is CC(C)(C)OC(=O)N1C(=O)[C@@H]2C[C@H]1[C@@H]1O[C@@H]12. The minimum Gasteiger partial charge on any atom is -0.443 e. The molecule has 5 heteroatoms. The van der Waals surface area contributed by atoms with Crippen molar-refractivity contribution in [2.45, 2.75) is 51.0 Å². The first kappa shape index (κ1) is 10.1. The summed E-state index contributed by atoms with van der Waals surface area (Å²) in [5.41, 5.74) is -0.566. The van der Waals surface area contributed by atoms with Crippen LogP contribution in [0.25, 0.3) is 0 Å². The minimum atomic E-state index is -0.566. The monoisotopic (exact) mass is 225 g/mol. The zero-order valence-corrected chi connectivity index (χ0v) is 9.60. The van der Waals surface area contributed by atoms with Crippen molar-refractivity contribution in [1.82, 2.24) is 4.90 Å². The van der Waals surface area contributed by atoms with Gasteiger partial charge in [-0.15, -0.1) is 0 Å². The fraction of sp³-hybridized carbons (Fsp3) is 0.818. The molecule has 0 spiro atoms. The lowest BCUT2D eigenvalue weighted by Crippen LogP contribution is -2.47. The molecule has 5 nitrogen and oxygen atoms in total. The van der Waals surface area contributed by atoms with Crippen molar-refractivity contribution in [2.75, 3.05) is 0 Å². The van der Waals surface area contributed by atoms with E-state index in [1.54, 1.807) is 20.8 Å². The smallest absolute Gasteiger partial charge is 0.417 e. The predicted molar refractivity (Wildman–Crippen MR) is 53.6 cm³/mol. The highest BCUT2D eigenvalue weighted by Gasteiger charge is 2.68. The first-order valence-electron chi connectivity index (χ1n) is 5.60. The second kappa shape index (κ2) is 2.77. The van der Waals surface area contributed by atoms with Crippen molar-refractivity contribution in [3.63, 3.8) is 0 Å². The van der Waals surface area contributed by atoms with Gasteiger partial charge in [-0.25, -0.2) is 9.69 Å². The number of epoxide rings is 1. The molecule has 2 amide bonds. The van der Waals surface area contributed by atoms with Gasteiger partial charge in [-0.2, -0.15) is 0 Å². The Morgan fingerprint density at radius 1 is 1.44 bits per heavy atom. The summed E-state index contributed by atoms with van der Waals surface area (Å²) in [5.74, 6) is -0.236. The molecular weight excluding hydrogens is 210 g/mol. The molecule has 2 heterocycles. The lowest BCUT2D eigenvalue weighted by Gasteiger charge is -2.27. The van der Waals surface area contributed by atoms with Crippen LogP contribution in [0.4, 0.5) is 4.79 Å². The largest absolute Gasteiger partial charge is 0.443 e. The predicted octanol–water partition coefficient (Wildman–Crippen LogP) is 0.920. The quantitative estimate of drug-likeness (QED) is 0.575. The Labute approximate surface area is 93.7 Å². The fourth-order valence-electron chi connectivity index (χ4n) is 2.67. The number of carbonyl (C=O) groups excluding carboxylic acids is 2. The average Bonchev–Trinajstić information content (AvgIpc) is 2.74. The van der Waals surface area contributed by atoms with Gasteiger partial charge < -0.3 is 9.47 Å². The average molecular weight is 225 g/mol. The number of carbonyl (C=O) groups is 2. The second-order valence-electron chi connectivity index (χ2n) is 5.66. The minimum absolute atomic E-state index is 0.0789. The van der Waals surface area contributed by atoms with Crippen LogP contribution in [-0.2, 0) is 14.3 Å². The third kappa shape index (κ3) is 1.27. The molecule has 2 saturated heterocycles. The van der Waals surface area contributed by atoms with E-state index in [9.17, 15) is 9.59 Å². The highest BCUT2D eigenvalue weighted by Crippen LogP contribution is 2.51. The molecule has 16 heavy (non-hydrogen) atoms. The van der Waals surface area contributed by atoms with Crippen LogP contribution in [0.3, 0.4) is 0 Å². The van der Waals surface area contributed by atoms with Crippen molar-refractivity contribution in [1.29, 1.82) is 0 Å². The lowest BCUT2D eigenvalue weighted by atomic mass is 10.1. The van der Waals surface area contributed by atoms with E-state index in [0.717, 1.165) is 6.42 Å². The third-order valence-electron chi connectivity index (χ3n) is 3.31. The zero-order valence-electron chi connectivity index (χ0n) is 9.60. The fourth-order valence-corrected chi connectivity index (χ4v) is 2.67. The van der Waals surface area contributed by atoms with Gasteiger partial charge in [-0.3, -0.25) is 4.79 Å². The Bertz CT molecular complexity index is 373. The molecule has 4 atom stereocenters. The summed E-state index contributed by atoms with van der Waals surface area (Å²) in [4.78, 5) is 25.0. The van der Waals surface area contributed by atoms with Crippen molar-refractivity contribution in [3.8, 4) is 0 Å². The van der Waals surface area contributed by atoms with E-state index in [1.165, 1.54) is 4.90 Å². The van der Waals surface area contributed by atoms with Gasteiger partial charge >= 0.3 is 6.09 Å². The van der Waals surface area contributed by atoms with E-state index < -0.39 is 11.7 Å². The van der Waals surface area contributed by atoms with Crippen LogP contribution < -0.4 is 0 Å². The molecule has 2 aliphatic heterocycles. The summed E-state index contributed by atoms with van der Waals surface area (Å²) in [6.45, 7) is 5.38. The van der Waals surface area contributed by atoms with Gasteiger partial charge in [0.1, 0.15) is 11.7 Å². The molecule has 3 aliphatic rings. The number of hydrogen-bond acceptors (Lipinski definition) is 4. The van der Waals surface area contributed by atoms with Gasteiger partial charge in [0.05, 0.1) is 18.1 Å². The highest BCUT2D eigenvalue weighted by molar-refractivity contribution is 5.97. The molecule has 1 aliphatic carbocycles. The van der Waals surface area contributed by atoms with E-state index in [2.05, 4.69) is 0 Å². The molecule has 0 N–H and O–H groups in total. The van der Waals surface area contributed by atoms with Crippen molar-refractivity contribution in [3.05, 3.63) is 0 Å². The summed E-state index contributed by atoms with van der Waals surface area (Å²) in [6, 6.07) is -0.0858. The second-order valence-corrected chi connectivity index (χ2v) is 5.66. The number of rotatable bonds is 0. The number of amides is 2. The molecule has 0 unspecified atom stereocenters. The first-order valence-corrected chi connectivity index (χ1v) is 5.60. The summed E-state index contributed by atoms with van der Waals surface area (Å²) in [6.07, 6.45) is 0.373. The number of nitrogens with zero attached hydrogens (tertiary/aromatic N) is 1. The van der Waals surface area contributed by atoms with E-state index in [-0.39, 0.29) is 30.1 Å². The van der Waals surface area contributed by atoms with E-state index in [1.807, 2.05) is 0 Å². The Kier molecular flexibility index (Phi) is 1.74. The Morgan fingerprint density at radius 2 is 2.12 bits per heavy atom. The number of fused-ring (bicyclic) bond motifs is 5. The molecule has 3 rings (SSSR count). The van der Waals surface area contributed by atoms with Crippen LogP contribution in [0.2, 0.25) is 0 Å². The number of hydrogen-bond donors (Lipinski definition) is 0. The van der Waals surface area contributed by atoms with Gasteiger partial charge in [0.25, 0.3) is 0 Å². The maximum atomic E-state index is 11.9. The standard InChI is InChI=1S/C11H15NO4/c1-11(2,3)16-10(14)12-6-4-5(9(12)13)7-8(6)15-7/h5-8H,4H2,1-3H3/t5-,6+,7-,8+/m1/s1. The normalized spacial score (nSPS) is 39.9. The van der Waals surface area contributed by atoms with Gasteiger partial charge in [-0.05, 0) is 27.2 Å². The number of likely N-dealkylation sites (tertiary alicyclic amines) is 1. The summed E-state index contributed by atoms with van der Waals surface area (Å²) >= 11 is 0. The summed E-state index contributed by atoms with van der Waals surface area (Å²) in [5, 5.41) is 0. The highest BCUT2D eigenvalue weighted by atomic mass is 16.6. The van der Waals surface area contributed by atoms with Crippen LogP contribution in [0, 0.1) is 5.92 Å². The van der Waals surface area contributed by atoms with Crippen LogP contribution in [0.5, 0.6) is 0 Å². The number of imide groups is 1. The van der Waals surface area contributed by atoms with Crippen LogP contribution in [0.1, 0.15) is 27.2 Å². The molecule has 2 bridgehead atoms. The molecule has 0 aromatic heterocycles. The zero-order chi connectivity index (χ0) is 11.7. The van der Waals surface area contributed by atoms with Gasteiger partial charge in [0, 0.05) is 0 Å². The van der Waals surface area contributed by atoms with Crippen molar-refractivity contribution < 1.29 is 19.1 Å². The lowest BCUT2D eigenvalue weighted by molar-refractivity contribution is -0.132. The van der Waals surface area contributed by atoms with Gasteiger partial charge in [0.15, 0.2) is 0 Å². The Balaban J connectivity index is 1.76. The summed E-state index contributed by atoms with van der Waals surface area (Å²) in [7, 11) is 0. The van der Waals surface area contributed by atoms with Crippen molar-refractivity contribution in [2.24, 2.45) is 5.92 Å². The molecule has 1 saturated carbocycles. The number of ether oxygens (including phenoxy) is 2. The van der Waals surface area contributed by atoms with E-state index in [0.29, 0.717) is 0 Å². The van der Waals surface area contributed by atoms with Gasteiger partial charge in [0.2, 0.25) is 5.91 Å². The van der Waals surface area contributed by atoms with E-state index >= 15 is 0 Å². The maximum Gasteiger partial charge on any atom is 0.417 e. The Hall–Kier alpha value is -1.10. The third-order valence-corrected chi connectivity index (χ3v) is 3.31. The molecule has 88 valence electrons. The molecular formula is C11H15NO4. The molecule has 0 aromatic rings. The van der Waals surface area contributed by atoms with Crippen molar-refractivity contribution >= 4 is 12.0 Å². The summed E-state index contributed by atoms with van der Waals surface area (Å²) < 4.78 is 10.6. The Morgan fingerprint density at radius 3 is 2.69 bits per heavy atom. The van der Waals surface area contributed by atoms with Crippen LogP contribution in [-0.4, -0.2) is 40.8 Å². The van der Waals surface area contributed by atoms with Crippen LogP contribution >= 0.6 is 0 Å². The van der Waals surface area contributed by atoms with E-state index in [4.69, 9.17) is 9.47 Å². The maximum absolute atomic E-state index is 11.9. The molecule has 0 radical (unpaired) electrons. The first-order chi connectivity index (χ1) is 7.38. The molecule has 3 fully saturated rings. The number of piperidine rings is 1. The van der Waals surface area contributed by atoms with Gasteiger partial charge in [-0.1, -0.05) is 0 Å². The topological polar surface area (TPSA) is 59.1 Å². The molecule has 0 aromatic carbocycles. The van der Waals surface area contributed by atoms with Crippen LogP contribution in [0.15, 0.2) is 0 Å².